The average molecular weight is 441 g/mol. The maximum absolute atomic E-state index is 13.7. The maximum Gasteiger partial charge on any atom is 0.228 e. The van der Waals surface area contributed by atoms with Crippen molar-refractivity contribution in [2.75, 3.05) is 31.2 Å². The van der Waals surface area contributed by atoms with Gasteiger partial charge in [-0.15, -0.1) is 11.3 Å². The van der Waals surface area contributed by atoms with Crippen LogP contribution in [0.2, 0.25) is 0 Å². The summed E-state index contributed by atoms with van der Waals surface area (Å²) in [5.74, 6) is -0.0945. The van der Waals surface area contributed by atoms with E-state index in [4.69, 9.17) is 9.47 Å². The van der Waals surface area contributed by atoms with Gasteiger partial charge >= 0.3 is 0 Å². The number of nitrogens with zero attached hydrogens (tertiary/aromatic N) is 2. The third-order valence-corrected chi connectivity index (χ3v) is 7.53. The third-order valence-electron chi connectivity index (χ3n) is 6.59. The number of likely N-dealkylation sites (tertiary alicyclic amines) is 1. The van der Waals surface area contributed by atoms with E-state index in [0.717, 1.165) is 35.5 Å². The van der Waals surface area contributed by atoms with Crippen LogP contribution in [-0.2, 0) is 19.1 Å². The Morgan fingerprint density at radius 1 is 1.13 bits per heavy atom. The largest absolute Gasteiger partial charge is 0.350 e. The van der Waals surface area contributed by atoms with Crippen molar-refractivity contribution in [3.8, 4) is 0 Å². The molecule has 0 saturated carbocycles. The van der Waals surface area contributed by atoms with Gasteiger partial charge in [-0.3, -0.25) is 9.59 Å². The van der Waals surface area contributed by atoms with Gasteiger partial charge < -0.3 is 19.3 Å². The highest BCUT2D eigenvalue weighted by Gasteiger charge is 2.47. The second-order valence-electron chi connectivity index (χ2n) is 8.67. The van der Waals surface area contributed by atoms with Crippen molar-refractivity contribution < 1.29 is 19.1 Å². The molecule has 3 aliphatic rings. The minimum absolute atomic E-state index is 0.0108. The van der Waals surface area contributed by atoms with Gasteiger partial charge in [-0.2, -0.15) is 0 Å². The van der Waals surface area contributed by atoms with E-state index >= 15 is 0 Å². The number of rotatable bonds is 4. The first-order chi connectivity index (χ1) is 15.1. The van der Waals surface area contributed by atoms with Crippen LogP contribution in [-0.4, -0.2) is 49.3 Å². The zero-order valence-corrected chi connectivity index (χ0v) is 18.6. The van der Waals surface area contributed by atoms with Crippen molar-refractivity contribution in [2.45, 2.75) is 38.5 Å². The molecular formula is C24H28N2O4S. The predicted octanol–water partition coefficient (Wildman–Crippen LogP) is 3.76. The summed E-state index contributed by atoms with van der Waals surface area (Å²) in [6.07, 6.45) is 1.97. The zero-order valence-electron chi connectivity index (χ0n) is 17.7. The summed E-state index contributed by atoms with van der Waals surface area (Å²) in [5, 5.41) is 2.01. The standard InChI is InChI=1S/C24H28N2O4S/c1-16-6-8-18(9-7-16)26-21(27)14-19(22(26)20-5-3-13-31-20)23(28)25-10-2-4-17(15-25)24-29-11-12-30-24/h3,5-9,13,17,19,22,24H,2,4,10-12,14-15H2,1H3. The van der Waals surface area contributed by atoms with E-state index in [1.807, 2.05) is 58.5 Å². The summed E-state index contributed by atoms with van der Waals surface area (Å²) in [6.45, 7) is 4.64. The topological polar surface area (TPSA) is 59.1 Å². The molecular weight excluding hydrogens is 412 g/mol. The van der Waals surface area contributed by atoms with E-state index in [-0.39, 0.29) is 42.4 Å². The fourth-order valence-corrected chi connectivity index (χ4v) is 5.95. The van der Waals surface area contributed by atoms with Gasteiger partial charge in [0.15, 0.2) is 6.29 Å². The molecule has 0 radical (unpaired) electrons. The van der Waals surface area contributed by atoms with Crippen molar-refractivity contribution in [2.24, 2.45) is 11.8 Å². The first-order valence-corrected chi connectivity index (χ1v) is 11.9. The Labute approximate surface area is 186 Å². The molecule has 31 heavy (non-hydrogen) atoms. The Morgan fingerprint density at radius 2 is 1.90 bits per heavy atom. The van der Waals surface area contributed by atoms with Crippen molar-refractivity contribution >= 4 is 28.8 Å². The van der Waals surface area contributed by atoms with Gasteiger partial charge in [-0.25, -0.2) is 0 Å². The molecule has 3 fully saturated rings. The molecule has 3 unspecified atom stereocenters. The molecule has 3 aliphatic heterocycles. The molecule has 0 N–H and O–H groups in total. The van der Waals surface area contributed by atoms with Crippen LogP contribution >= 0.6 is 11.3 Å². The quantitative estimate of drug-likeness (QED) is 0.726. The van der Waals surface area contributed by atoms with Crippen LogP contribution in [0.3, 0.4) is 0 Å². The van der Waals surface area contributed by atoms with Crippen molar-refractivity contribution in [3.63, 3.8) is 0 Å². The van der Waals surface area contributed by atoms with E-state index in [1.54, 1.807) is 11.3 Å². The molecule has 2 amide bonds. The molecule has 164 valence electrons. The maximum atomic E-state index is 13.7. The first-order valence-electron chi connectivity index (χ1n) is 11.1. The van der Waals surface area contributed by atoms with Gasteiger partial charge in [0.1, 0.15) is 0 Å². The van der Waals surface area contributed by atoms with Crippen molar-refractivity contribution in [1.82, 2.24) is 4.90 Å². The first kappa shape index (κ1) is 20.7. The van der Waals surface area contributed by atoms with E-state index in [1.165, 1.54) is 0 Å². The minimum atomic E-state index is -0.378. The van der Waals surface area contributed by atoms with Crippen molar-refractivity contribution in [1.29, 1.82) is 0 Å². The van der Waals surface area contributed by atoms with Crippen LogP contribution in [0.1, 0.15) is 35.7 Å². The summed E-state index contributed by atoms with van der Waals surface area (Å²) >= 11 is 1.61. The second-order valence-corrected chi connectivity index (χ2v) is 9.65. The number of piperidine rings is 1. The summed E-state index contributed by atoms with van der Waals surface area (Å²) in [5.41, 5.74) is 2.00. The lowest BCUT2D eigenvalue weighted by Gasteiger charge is -2.37. The molecule has 1 aromatic carbocycles. The minimum Gasteiger partial charge on any atom is -0.350 e. The molecule has 4 heterocycles. The lowest BCUT2D eigenvalue weighted by atomic mass is 9.92. The Morgan fingerprint density at radius 3 is 2.61 bits per heavy atom. The van der Waals surface area contributed by atoms with Crippen LogP contribution < -0.4 is 4.90 Å². The molecule has 3 saturated heterocycles. The number of hydrogen-bond donors (Lipinski definition) is 0. The fraction of sp³-hybridized carbons (Fsp3) is 0.500. The molecule has 3 atom stereocenters. The van der Waals surface area contributed by atoms with E-state index in [0.29, 0.717) is 19.8 Å². The second kappa shape index (κ2) is 8.73. The number of carbonyl (C=O) groups excluding carboxylic acids is 2. The highest BCUT2D eigenvalue weighted by Crippen LogP contribution is 2.44. The monoisotopic (exact) mass is 440 g/mol. The lowest BCUT2D eigenvalue weighted by molar-refractivity contribution is -0.144. The zero-order chi connectivity index (χ0) is 21.4. The number of ether oxygens (including phenoxy) is 2. The highest BCUT2D eigenvalue weighted by atomic mass is 32.1. The molecule has 1 aromatic heterocycles. The van der Waals surface area contributed by atoms with E-state index < -0.39 is 0 Å². The van der Waals surface area contributed by atoms with Gasteiger partial charge in [0.05, 0.1) is 25.2 Å². The number of thiophene rings is 1. The fourth-order valence-electron chi connectivity index (χ4n) is 5.07. The number of aryl methyl sites for hydroxylation is 1. The third kappa shape index (κ3) is 4.02. The summed E-state index contributed by atoms with van der Waals surface area (Å²) in [4.78, 5) is 31.7. The predicted molar refractivity (Wildman–Crippen MR) is 119 cm³/mol. The van der Waals surface area contributed by atoms with Gasteiger partial charge in [0.2, 0.25) is 11.8 Å². The SMILES string of the molecule is Cc1ccc(N2C(=O)CC(C(=O)N3CCCC(C4OCCO4)C3)C2c2cccs2)cc1. The van der Waals surface area contributed by atoms with Crippen LogP contribution in [0, 0.1) is 18.8 Å². The molecule has 2 aromatic rings. The Bertz CT molecular complexity index is 924. The number of benzene rings is 1. The molecule has 5 rings (SSSR count). The summed E-state index contributed by atoms with van der Waals surface area (Å²) in [7, 11) is 0. The molecule has 6 nitrogen and oxygen atoms in total. The van der Waals surface area contributed by atoms with Crippen molar-refractivity contribution in [3.05, 3.63) is 52.2 Å². The van der Waals surface area contributed by atoms with Gasteiger partial charge in [-0.05, 0) is 43.3 Å². The van der Waals surface area contributed by atoms with Gasteiger partial charge in [-0.1, -0.05) is 23.8 Å². The summed E-state index contributed by atoms with van der Waals surface area (Å²) in [6, 6.07) is 11.7. The van der Waals surface area contributed by atoms with Gasteiger partial charge in [0.25, 0.3) is 0 Å². The Balaban J connectivity index is 1.41. The molecule has 0 bridgehead atoms. The Kier molecular flexibility index (Phi) is 5.82. The van der Waals surface area contributed by atoms with Crippen LogP contribution in [0.4, 0.5) is 5.69 Å². The highest BCUT2D eigenvalue weighted by molar-refractivity contribution is 7.10. The molecule has 0 aliphatic carbocycles. The number of amides is 2. The van der Waals surface area contributed by atoms with E-state index in [9.17, 15) is 9.59 Å². The Hall–Kier alpha value is -2.22. The van der Waals surface area contributed by atoms with Crippen LogP contribution in [0.25, 0.3) is 0 Å². The molecule has 7 heteroatoms. The summed E-state index contributed by atoms with van der Waals surface area (Å²) < 4.78 is 11.4. The van der Waals surface area contributed by atoms with E-state index in [2.05, 4.69) is 0 Å². The number of hydrogen-bond acceptors (Lipinski definition) is 5. The number of anilines is 1. The average Bonchev–Trinajstić information content (AvgIpc) is 3.55. The van der Waals surface area contributed by atoms with Crippen LogP contribution in [0.15, 0.2) is 41.8 Å². The number of carbonyl (C=O) groups is 2. The smallest absolute Gasteiger partial charge is 0.228 e. The normalized spacial score (nSPS) is 27.3. The lowest BCUT2D eigenvalue weighted by Crippen LogP contribution is -2.47. The molecule has 0 spiro atoms. The van der Waals surface area contributed by atoms with Crippen LogP contribution in [0.5, 0.6) is 0 Å². The van der Waals surface area contributed by atoms with Gasteiger partial charge in [0, 0.05) is 36.0 Å².